The van der Waals surface area contributed by atoms with Gasteiger partial charge in [0.05, 0.1) is 18.0 Å². The lowest BCUT2D eigenvalue weighted by atomic mass is 9.96. The van der Waals surface area contributed by atoms with Crippen LogP contribution in [-0.2, 0) is 0 Å². The third kappa shape index (κ3) is 2.96. The van der Waals surface area contributed by atoms with Crippen LogP contribution in [-0.4, -0.2) is 41.9 Å². The average Bonchev–Trinajstić information content (AvgIpc) is 3.44. The number of carboxylic acids is 1. The van der Waals surface area contributed by atoms with E-state index >= 15 is 0 Å². The fourth-order valence-electron chi connectivity index (χ4n) is 4.35. The first kappa shape index (κ1) is 17.9. The van der Waals surface area contributed by atoms with E-state index in [0.717, 1.165) is 19.3 Å². The number of carboxylic acid groups (broad SMARTS) is 1. The first-order valence-electron chi connectivity index (χ1n) is 9.41. The SMILES string of the molecule is COc1cccc2c(=O)c(C(=O)O)c(N3C[C@@H](C)C[C@H](N)C3)n(C3CC3)c12. The number of rotatable bonds is 4. The number of methoxy groups -OCH3 is 1. The smallest absolute Gasteiger partial charge is 0.343 e. The van der Waals surface area contributed by atoms with Crippen LogP contribution < -0.4 is 20.8 Å². The number of hydrogen-bond donors (Lipinski definition) is 2. The van der Waals surface area contributed by atoms with Crippen molar-refractivity contribution >= 4 is 22.7 Å². The molecule has 0 unspecified atom stereocenters. The van der Waals surface area contributed by atoms with Gasteiger partial charge in [-0.25, -0.2) is 4.79 Å². The van der Waals surface area contributed by atoms with Gasteiger partial charge in [0.25, 0.3) is 0 Å². The number of aromatic carboxylic acids is 1. The number of aromatic nitrogens is 1. The molecule has 1 aliphatic heterocycles. The van der Waals surface area contributed by atoms with Gasteiger partial charge in [-0.2, -0.15) is 0 Å². The van der Waals surface area contributed by atoms with E-state index in [4.69, 9.17) is 10.5 Å². The molecule has 1 aromatic heterocycles. The minimum atomic E-state index is -1.19. The summed E-state index contributed by atoms with van der Waals surface area (Å²) in [6, 6.07) is 5.34. The van der Waals surface area contributed by atoms with E-state index in [1.807, 2.05) is 15.5 Å². The van der Waals surface area contributed by atoms with Gasteiger partial charge < -0.3 is 25.0 Å². The van der Waals surface area contributed by atoms with Gasteiger partial charge in [-0.1, -0.05) is 13.0 Å². The molecule has 7 heteroatoms. The molecule has 0 spiro atoms. The highest BCUT2D eigenvalue weighted by atomic mass is 16.5. The summed E-state index contributed by atoms with van der Waals surface area (Å²) in [5, 5.41) is 10.3. The number of hydrogen-bond acceptors (Lipinski definition) is 5. The van der Waals surface area contributed by atoms with Gasteiger partial charge in [-0.05, 0) is 37.3 Å². The molecule has 1 saturated heterocycles. The molecular weight excluding hydrogens is 346 g/mol. The van der Waals surface area contributed by atoms with Crippen LogP contribution in [0.4, 0.5) is 5.82 Å². The maximum absolute atomic E-state index is 13.2. The second-order valence-electron chi connectivity index (χ2n) is 7.80. The normalized spacial score (nSPS) is 22.9. The molecule has 1 aromatic carbocycles. The highest BCUT2D eigenvalue weighted by Gasteiger charge is 2.36. The molecule has 0 amide bonds. The lowest BCUT2D eigenvalue weighted by Crippen LogP contribution is -2.48. The molecule has 7 nitrogen and oxygen atoms in total. The zero-order valence-corrected chi connectivity index (χ0v) is 15.6. The molecule has 1 aliphatic carbocycles. The van der Waals surface area contributed by atoms with Crippen LogP contribution in [0.15, 0.2) is 23.0 Å². The zero-order chi connectivity index (χ0) is 19.3. The van der Waals surface area contributed by atoms with Crippen molar-refractivity contribution < 1.29 is 14.6 Å². The van der Waals surface area contributed by atoms with Gasteiger partial charge in [0.2, 0.25) is 5.43 Å². The van der Waals surface area contributed by atoms with Gasteiger partial charge in [-0.3, -0.25) is 4.79 Å². The Labute approximate surface area is 157 Å². The topological polar surface area (TPSA) is 97.8 Å². The van der Waals surface area contributed by atoms with E-state index in [1.165, 1.54) is 0 Å². The van der Waals surface area contributed by atoms with Gasteiger partial charge >= 0.3 is 5.97 Å². The number of benzene rings is 1. The highest BCUT2D eigenvalue weighted by Crippen LogP contribution is 2.44. The summed E-state index contributed by atoms with van der Waals surface area (Å²) in [6.07, 6.45) is 2.80. The molecule has 2 heterocycles. The van der Waals surface area contributed by atoms with E-state index in [1.54, 1.807) is 19.2 Å². The van der Waals surface area contributed by atoms with Crippen LogP contribution in [0.25, 0.3) is 10.9 Å². The molecule has 0 bridgehead atoms. The Hall–Kier alpha value is -2.54. The Kier molecular flexibility index (Phi) is 4.34. The number of fused-ring (bicyclic) bond motifs is 1. The Morgan fingerprint density at radius 2 is 2.04 bits per heavy atom. The maximum atomic E-state index is 13.2. The minimum Gasteiger partial charge on any atom is -0.495 e. The summed E-state index contributed by atoms with van der Waals surface area (Å²) in [4.78, 5) is 27.3. The quantitative estimate of drug-likeness (QED) is 0.855. The first-order valence-corrected chi connectivity index (χ1v) is 9.41. The van der Waals surface area contributed by atoms with E-state index in [-0.39, 0.29) is 17.6 Å². The van der Waals surface area contributed by atoms with Crippen LogP contribution in [0.3, 0.4) is 0 Å². The summed E-state index contributed by atoms with van der Waals surface area (Å²) >= 11 is 0. The lowest BCUT2D eigenvalue weighted by Gasteiger charge is -2.38. The molecule has 0 radical (unpaired) electrons. The number of carbonyl (C=O) groups is 1. The summed E-state index contributed by atoms with van der Waals surface area (Å²) < 4.78 is 7.55. The molecule has 1 saturated carbocycles. The molecule has 2 fully saturated rings. The van der Waals surface area contributed by atoms with Crippen LogP contribution in [0.1, 0.15) is 42.6 Å². The zero-order valence-electron chi connectivity index (χ0n) is 15.6. The van der Waals surface area contributed by atoms with Crippen LogP contribution in [0, 0.1) is 5.92 Å². The number of nitrogens with zero attached hydrogens (tertiary/aromatic N) is 2. The Morgan fingerprint density at radius 1 is 1.30 bits per heavy atom. The molecule has 3 N–H and O–H groups in total. The Bertz CT molecular complexity index is 954. The van der Waals surface area contributed by atoms with Crippen molar-refractivity contribution in [1.29, 1.82) is 0 Å². The minimum absolute atomic E-state index is 0.0495. The van der Waals surface area contributed by atoms with Crippen molar-refractivity contribution in [2.75, 3.05) is 25.1 Å². The fourth-order valence-corrected chi connectivity index (χ4v) is 4.35. The van der Waals surface area contributed by atoms with Crippen molar-refractivity contribution in [2.24, 2.45) is 11.7 Å². The highest BCUT2D eigenvalue weighted by molar-refractivity contribution is 6.00. The third-order valence-electron chi connectivity index (χ3n) is 5.50. The summed E-state index contributed by atoms with van der Waals surface area (Å²) in [7, 11) is 1.57. The van der Waals surface area contributed by atoms with Crippen LogP contribution in [0.5, 0.6) is 5.75 Å². The van der Waals surface area contributed by atoms with Crippen molar-refractivity contribution in [3.63, 3.8) is 0 Å². The maximum Gasteiger partial charge on any atom is 0.343 e. The van der Waals surface area contributed by atoms with E-state index in [0.29, 0.717) is 41.5 Å². The molecule has 4 rings (SSSR count). The number of ether oxygens (including phenoxy) is 1. The van der Waals surface area contributed by atoms with Gasteiger partial charge in [0.15, 0.2) is 0 Å². The Morgan fingerprint density at radius 3 is 2.63 bits per heavy atom. The monoisotopic (exact) mass is 371 g/mol. The number of nitrogens with two attached hydrogens (primary N) is 1. The number of piperidine rings is 1. The summed E-state index contributed by atoms with van der Waals surface area (Å²) in [5.41, 5.74) is 6.28. The van der Waals surface area contributed by atoms with E-state index in [2.05, 4.69) is 6.92 Å². The molecule has 2 aliphatic rings. The lowest BCUT2D eigenvalue weighted by molar-refractivity contribution is 0.0695. The Balaban J connectivity index is 2.09. The first-order chi connectivity index (χ1) is 12.9. The van der Waals surface area contributed by atoms with E-state index in [9.17, 15) is 14.7 Å². The third-order valence-corrected chi connectivity index (χ3v) is 5.50. The van der Waals surface area contributed by atoms with Gasteiger partial charge in [-0.15, -0.1) is 0 Å². The number of anilines is 1. The van der Waals surface area contributed by atoms with Crippen molar-refractivity contribution in [3.8, 4) is 5.75 Å². The number of pyridine rings is 1. The molecule has 2 aromatic rings. The summed E-state index contributed by atoms with van der Waals surface area (Å²) in [5.74, 6) is 0.200. The molecule has 2 atom stereocenters. The fraction of sp³-hybridized carbons (Fsp3) is 0.500. The van der Waals surface area contributed by atoms with Gasteiger partial charge in [0, 0.05) is 25.2 Å². The molecule has 144 valence electrons. The van der Waals surface area contributed by atoms with E-state index < -0.39 is 11.4 Å². The van der Waals surface area contributed by atoms with Crippen molar-refractivity contribution in [1.82, 2.24) is 4.57 Å². The standard InChI is InChI=1S/C20H25N3O4/c1-11-8-12(21)10-22(9-11)19-16(20(25)26)18(24)14-4-3-5-15(27-2)17(14)23(19)13-6-7-13/h3-5,11-13H,6-10,21H2,1-2H3,(H,25,26)/t11-,12-/m0/s1. The van der Waals surface area contributed by atoms with Gasteiger partial charge in [0.1, 0.15) is 17.1 Å². The number of para-hydroxylation sites is 1. The van der Waals surface area contributed by atoms with Crippen LogP contribution in [0.2, 0.25) is 0 Å². The summed E-state index contributed by atoms with van der Waals surface area (Å²) in [6.45, 7) is 3.33. The largest absolute Gasteiger partial charge is 0.495 e. The van der Waals surface area contributed by atoms with Crippen molar-refractivity contribution in [3.05, 3.63) is 34.0 Å². The molecule has 27 heavy (non-hydrogen) atoms. The predicted molar refractivity (Wildman–Crippen MR) is 104 cm³/mol. The molecular formula is C20H25N3O4. The second kappa shape index (κ2) is 6.56. The predicted octanol–water partition coefficient (Wildman–Crippen LogP) is 2.22. The van der Waals surface area contributed by atoms with Crippen LogP contribution >= 0.6 is 0 Å². The van der Waals surface area contributed by atoms with Crippen molar-refractivity contribution in [2.45, 2.75) is 38.3 Å². The second-order valence-corrected chi connectivity index (χ2v) is 7.80. The average molecular weight is 371 g/mol.